The largest absolute Gasteiger partial charge is 0.509 e. The zero-order chi connectivity index (χ0) is 12.7. The Balaban J connectivity index is 2.43. The molecule has 0 saturated heterocycles. The van der Waals surface area contributed by atoms with Crippen LogP contribution in [-0.2, 0) is 16.1 Å². The molecule has 0 amide bonds. The number of rotatable bonds is 3. The van der Waals surface area contributed by atoms with E-state index in [9.17, 15) is 4.79 Å². The number of halogens is 3. The van der Waals surface area contributed by atoms with Crippen LogP contribution < -0.4 is 0 Å². The van der Waals surface area contributed by atoms with Crippen molar-refractivity contribution < 1.29 is 14.3 Å². The summed E-state index contributed by atoms with van der Waals surface area (Å²) in [5, 5.41) is 0.969. The van der Waals surface area contributed by atoms with Crippen LogP contribution in [0.4, 0.5) is 4.79 Å². The minimum Gasteiger partial charge on any atom is -0.429 e. The highest BCUT2D eigenvalue weighted by Crippen LogP contribution is 2.21. The van der Waals surface area contributed by atoms with Crippen molar-refractivity contribution in [3.63, 3.8) is 0 Å². The van der Waals surface area contributed by atoms with Gasteiger partial charge in [0, 0.05) is 38.2 Å². The molecular weight excluding hydrogens is 378 g/mol. The summed E-state index contributed by atoms with van der Waals surface area (Å²) < 4.78 is 12.1. The van der Waals surface area contributed by atoms with Gasteiger partial charge in [0.05, 0.1) is 0 Å². The molecule has 0 spiro atoms. The number of carbonyl (C=O) groups excluding carboxylic acids is 1. The van der Waals surface area contributed by atoms with Crippen LogP contribution >= 0.6 is 45.8 Å². The first-order chi connectivity index (χ1) is 8.13. The summed E-state index contributed by atoms with van der Waals surface area (Å²) in [6.45, 7) is 0.0443. The number of benzene rings is 1. The van der Waals surface area contributed by atoms with Gasteiger partial charge >= 0.3 is 6.16 Å². The molecule has 0 saturated carbocycles. The van der Waals surface area contributed by atoms with E-state index in [1.54, 1.807) is 18.2 Å². The lowest BCUT2D eigenvalue weighted by Crippen LogP contribution is -2.07. The molecule has 0 aliphatic rings. The van der Waals surface area contributed by atoms with E-state index in [1.807, 2.05) is 22.6 Å². The Morgan fingerprint density at radius 2 is 2.12 bits per heavy atom. The van der Waals surface area contributed by atoms with Crippen LogP contribution in [0, 0.1) is 9.85 Å². The van der Waals surface area contributed by atoms with Crippen molar-refractivity contribution in [2.75, 3.05) is 6.61 Å². The second kappa shape index (κ2) is 7.64. The van der Waals surface area contributed by atoms with E-state index in [2.05, 4.69) is 14.6 Å². The standard InChI is InChI=1S/C11H7Cl2IO3/c12-9-3-2-8(10(13)6-9)7-17-11(15)16-5-1-4-14/h2-3,6H,5,7H2. The maximum atomic E-state index is 11.1. The fourth-order valence-electron chi connectivity index (χ4n) is 0.939. The number of carbonyl (C=O) groups is 1. The monoisotopic (exact) mass is 384 g/mol. The summed E-state index contributed by atoms with van der Waals surface area (Å²) in [4.78, 5) is 11.1. The highest BCUT2D eigenvalue weighted by molar-refractivity contribution is 14.1. The van der Waals surface area contributed by atoms with Gasteiger partial charge in [-0.05, 0) is 16.1 Å². The third-order valence-electron chi connectivity index (χ3n) is 1.69. The molecule has 1 aromatic rings. The van der Waals surface area contributed by atoms with Gasteiger partial charge in [-0.3, -0.25) is 0 Å². The predicted molar refractivity (Wildman–Crippen MR) is 74.4 cm³/mol. The highest BCUT2D eigenvalue weighted by Gasteiger charge is 2.06. The van der Waals surface area contributed by atoms with Crippen LogP contribution in [0.1, 0.15) is 5.56 Å². The molecule has 0 aliphatic carbocycles. The molecule has 0 aliphatic heterocycles. The molecule has 1 aromatic carbocycles. The fourth-order valence-corrected chi connectivity index (χ4v) is 1.56. The van der Waals surface area contributed by atoms with Crippen molar-refractivity contribution in [1.82, 2.24) is 0 Å². The predicted octanol–water partition coefficient (Wildman–Crippen LogP) is 4.04. The number of hydrogen-bond donors (Lipinski definition) is 0. The third kappa shape index (κ3) is 5.48. The Bertz CT molecular complexity index is 466. The molecule has 3 nitrogen and oxygen atoms in total. The second-order valence-corrected chi connectivity index (χ2v) is 4.22. The number of ether oxygens (including phenoxy) is 2. The van der Waals surface area contributed by atoms with Crippen molar-refractivity contribution >= 4 is 51.9 Å². The molecule has 0 heterocycles. The van der Waals surface area contributed by atoms with Gasteiger partial charge in [-0.1, -0.05) is 35.2 Å². The topological polar surface area (TPSA) is 35.5 Å². The van der Waals surface area contributed by atoms with Gasteiger partial charge in [0.1, 0.15) is 6.61 Å². The van der Waals surface area contributed by atoms with E-state index < -0.39 is 6.16 Å². The van der Waals surface area contributed by atoms with Gasteiger partial charge in [-0.15, -0.1) is 0 Å². The summed E-state index contributed by atoms with van der Waals surface area (Å²) in [5.74, 6) is 2.57. The summed E-state index contributed by atoms with van der Waals surface area (Å²) in [6, 6.07) is 4.93. The summed E-state index contributed by atoms with van der Waals surface area (Å²) in [5.41, 5.74) is 0.660. The van der Waals surface area contributed by atoms with Gasteiger partial charge in [0.25, 0.3) is 0 Å². The van der Waals surface area contributed by atoms with E-state index in [0.717, 1.165) is 0 Å². The Labute approximate surface area is 123 Å². The second-order valence-electron chi connectivity index (χ2n) is 2.83. The van der Waals surface area contributed by atoms with Crippen molar-refractivity contribution in [1.29, 1.82) is 0 Å². The molecule has 0 atom stereocenters. The van der Waals surface area contributed by atoms with Gasteiger partial charge in [0.2, 0.25) is 0 Å². The molecule has 0 aromatic heterocycles. The molecule has 17 heavy (non-hydrogen) atoms. The first-order valence-electron chi connectivity index (χ1n) is 4.45. The van der Waals surface area contributed by atoms with Crippen LogP contribution in [0.25, 0.3) is 0 Å². The minimum absolute atomic E-state index is 0.0100. The SMILES string of the molecule is O=C(OCC#CI)OCc1ccc(Cl)cc1Cl. The van der Waals surface area contributed by atoms with E-state index in [-0.39, 0.29) is 13.2 Å². The van der Waals surface area contributed by atoms with Crippen molar-refractivity contribution in [2.45, 2.75) is 6.61 Å². The van der Waals surface area contributed by atoms with E-state index in [1.165, 1.54) is 0 Å². The van der Waals surface area contributed by atoms with Gasteiger partial charge in [-0.2, -0.15) is 0 Å². The Hall–Kier alpha value is -0.640. The van der Waals surface area contributed by atoms with Crippen molar-refractivity contribution in [2.24, 2.45) is 0 Å². The Morgan fingerprint density at radius 3 is 2.76 bits per heavy atom. The van der Waals surface area contributed by atoms with Crippen LogP contribution in [0.3, 0.4) is 0 Å². The molecule has 0 fully saturated rings. The average molecular weight is 385 g/mol. The Morgan fingerprint density at radius 1 is 1.35 bits per heavy atom. The fraction of sp³-hybridized carbons (Fsp3) is 0.182. The molecule has 0 unspecified atom stereocenters. The average Bonchev–Trinajstić information content (AvgIpc) is 2.28. The first-order valence-corrected chi connectivity index (χ1v) is 6.29. The maximum Gasteiger partial charge on any atom is 0.509 e. The summed E-state index contributed by atoms with van der Waals surface area (Å²) in [6.07, 6.45) is -0.782. The van der Waals surface area contributed by atoms with Crippen LogP contribution in [0.15, 0.2) is 18.2 Å². The van der Waals surface area contributed by atoms with Crippen LogP contribution in [0.2, 0.25) is 10.0 Å². The smallest absolute Gasteiger partial charge is 0.429 e. The van der Waals surface area contributed by atoms with Crippen LogP contribution in [-0.4, -0.2) is 12.8 Å². The molecule has 90 valence electrons. The minimum atomic E-state index is -0.782. The molecule has 0 radical (unpaired) electrons. The van der Waals surface area contributed by atoms with Gasteiger partial charge in [-0.25, -0.2) is 4.79 Å². The number of hydrogen-bond acceptors (Lipinski definition) is 3. The molecule has 0 N–H and O–H groups in total. The van der Waals surface area contributed by atoms with Crippen LogP contribution in [0.5, 0.6) is 0 Å². The molecule has 0 bridgehead atoms. The first kappa shape index (κ1) is 14.4. The highest BCUT2D eigenvalue weighted by atomic mass is 127. The van der Waals surface area contributed by atoms with Gasteiger partial charge in [0.15, 0.2) is 6.61 Å². The van der Waals surface area contributed by atoms with E-state index >= 15 is 0 Å². The summed E-state index contributed by atoms with van der Waals surface area (Å²) in [7, 11) is 0. The zero-order valence-electron chi connectivity index (χ0n) is 8.50. The van der Waals surface area contributed by atoms with E-state index in [0.29, 0.717) is 15.6 Å². The zero-order valence-corrected chi connectivity index (χ0v) is 12.2. The Kier molecular flexibility index (Phi) is 6.48. The maximum absolute atomic E-state index is 11.1. The lowest BCUT2D eigenvalue weighted by atomic mass is 10.2. The van der Waals surface area contributed by atoms with Crippen molar-refractivity contribution in [3.05, 3.63) is 33.8 Å². The van der Waals surface area contributed by atoms with Crippen molar-refractivity contribution in [3.8, 4) is 9.85 Å². The molecular formula is C11H7Cl2IO3. The van der Waals surface area contributed by atoms with Gasteiger partial charge < -0.3 is 9.47 Å². The quantitative estimate of drug-likeness (QED) is 0.448. The summed E-state index contributed by atoms with van der Waals surface area (Å²) >= 11 is 13.5. The lowest BCUT2D eigenvalue weighted by molar-refractivity contribution is 0.0589. The normalized spacial score (nSPS) is 9.12. The molecule has 6 heteroatoms. The lowest BCUT2D eigenvalue weighted by Gasteiger charge is -2.06. The molecule has 1 rings (SSSR count). The van der Waals surface area contributed by atoms with E-state index in [4.69, 9.17) is 27.9 Å². The third-order valence-corrected chi connectivity index (χ3v) is 2.66.